The van der Waals surface area contributed by atoms with Crippen LogP contribution in [0.2, 0.25) is 0 Å². The van der Waals surface area contributed by atoms with Gasteiger partial charge in [-0.2, -0.15) is 0 Å². The molecule has 1 aliphatic rings. The van der Waals surface area contributed by atoms with Gasteiger partial charge in [0.05, 0.1) is 12.2 Å². The smallest absolute Gasteiger partial charge is 0.147 e. The summed E-state index contributed by atoms with van der Waals surface area (Å²) in [4.78, 5) is 0. The molecule has 0 saturated carbocycles. The van der Waals surface area contributed by atoms with E-state index in [1.807, 2.05) is 0 Å². The Morgan fingerprint density at radius 2 is 1.87 bits per heavy atom. The van der Waals surface area contributed by atoms with Gasteiger partial charge in [-0.05, 0) is 18.9 Å². The monoisotopic (exact) mass is 216 g/mol. The highest BCUT2D eigenvalue weighted by molar-refractivity contribution is 5.10. The molecule has 0 aromatic carbocycles. The van der Waals surface area contributed by atoms with Gasteiger partial charge in [0.25, 0.3) is 0 Å². The maximum Gasteiger partial charge on any atom is 0.147 e. The second-order valence-electron chi connectivity index (χ2n) is 3.68. The second-order valence-corrected chi connectivity index (χ2v) is 3.68. The van der Waals surface area contributed by atoms with E-state index in [4.69, 9.17) is 18.9 Å². The lowest BCUT2D eigenvalue weighted by molar-refractivity contribution is -0.109. The molecular formula is C11H20O4. The second kappa shape index (κ2) is 6.95. The number of hydrogen-bond donors (Lipinski definition) is 0. The number of rotatable bonds is 6. The summed E-state index contributed by atoms with van der Waals surface area (Å²) >= 11 is 0. The molecule has 0 amide bonds. The van der Waals surface area contributed by atoms with E-state index in [0.717, 1.165) is 12.8 Å². The molecular weight excluding hydrogens is 196 g/mol. The summed E-state index contributed by atoms with van der Waals surface area (Å²) in [6.45, 7) is 2.74. The highest BCUT2D eigenvalue weighted by atomic mass is 16.7. The first-order valence-electron chi connectivity index (χ1n) is 5.15. The first kappa shape index (κ1) is 12.6. The first-order chi connectivity index (χ1) is 7.27. The molecule has 0 spiro atoms. The van der Waals surface area contributed by atoms with Crippen LogP contribution in [0.1, 0.15) is 19.8 Å². The van der Waals surface area contributed by atoms with Crippen LogP contribution < -0.4 is 0 Å². The minimum absolute atomic E-state index is 0.112. The van der Waals surface area contributed by atoms with Crippen LogP contribution in [0.4, 0.5) is 0 Å². The Hall–Kier alpha value is -0.420. The van der Waals surface area contributed by atoms with Crippen LogP contribution in [0.25, 0.3) is 0 Å². The van der Waals surface area contributed by atoms with Gasteiger partial charge < -0.3 is 18.9 Å². The van der Waals surface area contributed by atoms with E-state index in [-0.39, 0.29) is 12.2 Å². The van der Waals surface area contributed by atoms with Gasteiger partial charge in [0, 0.05) is 20.6 Å². The normalized spacial score (nSPS) is 26.5. The summed E-state index contributed by atoms with van der Waals surface area (Å²) in [5.41, 5.74) is 1.25. The lowest BCUT2D eigenvalue weighted by Crippen LogP contribution is -2.28. The fraction of sp³-hybridized carbons (Fsp3) is 0.818. The van der Waals surface area contributed by atoms with Gasteiger partial charge in [-0.3, -0.25) is 0 Å². The number of hydrogen-bond acceptors (Lipinski definition) is 4. The molecule has 0 heterocycles. The van der Waals surface area contributed by atoms with Gasteiger partial charge in [-0.25, -0.2) is 0 Å². The van der Waals surface area contributed by atoms with Crippen LogP contribution in [-0.4, -0.2) is 40.0 Å². The Labute approximate surface area is 91.1 Å². The fourth-order valence-corrected chi connectivity index (χ4v) is 1.62. The van der Waals surface area contributed by atoms with E-state index in [1.54, 1.807) is 14.2 Å². The molecule has 15 heavy (non-hydrogen) atoms. The molecule has 0 bridgehead atoms. The third-order valence-electron chi connectivity index (χ3n) is 2.50. The van der Waals surface area contributed by atoms with E-state index >= 15 is 0 Å². The molecule has 88 valence electrons. The van der Waals surface area contributed by atoms with Crippen molar-refractivity contribution >= 4 is 0 Å². The van der Waals surface area contributed by atoms with Gasteiger partial charge in [-0.15, -0.1) is 0 Å². The van der Waals surface area contributed by atoms with Crippen molar-refractivity contribution in [2.24, 2.45) is 0 Å². The highest BCUT2D eigenvalue weighted by Gasteiger charge is 2.22. The predicted octanol–water partition coefficient (Wildman–Crippen LogP) is 1.70. The quantitative estimate of drug-likeness (QED) is 0.500. The van der Waals surface area contributed by atoms with Crippen molar-refractivity contribution in [3.63, 3.8) is 0 Å². The topological polar surface area (TPSA) is 36.9 Å². The summed E-state index contributed by atoms with van der Waals surface area (Å²) in [7, 11) is 3.25. The van der Waals surface area contributed by atoms with Crippen molar-refractivity contribution in [2.45, 2.75) is 32.0 Å². The Balaban J connectivity index is 2.36. The van der Waals surface area contributed by atoms with Gasteiger partial charge in [-0.1, -0.05) is 6.08 Å². The minimum Gasteiger partial charge on any atom is -0.359 e. The van der Waals surface area contributed by atoms with Gasteiger partial charge >= 0.3 is 0 Å². The van der Waals surface area contributed by atoms with Crippen LogP contribution in [0, 0.1) is 0 Å². The van der Waals surface area contributed by atoms with Crippen LogP contribution in [0.3, 0.4) is 0 Å². The van der Waals surface area contributed by atoms with E-state index in [9.17, 15) is 0 Å². The Morgan fingerprint density at radius 3 is 2.53 bits per heavy atom. The third kappa shape index (κ3) is 4.30. The molecule has 1 rings (SSSR count). The maximum atomic E-state index is 5.54. The lowest BCUT2D eigenvalue weighted by Gasteiger charge is -2.28. The molecule has 4 nitrogen and oxygen atoms in total. The van der Waals surface area contributed by atoms with Crippen molar-refractivity contribution in [3.05, 3.63) is 11.6 Å². The summed E-state index contributed by atoms with van der Waals surface area (Å²) in [5.74, 6) is 0. The molecule has 1 aliphatic carbocycles. The van der Waals surface area contributed by atoms with E-state index in [1.165, 1.54) is 5.57 Å². The molecule has 0 saturated heterocycles. The van der Waals surface area contributed by atoms with E-state index in [2.05, 4.69) is 13.0 Å². The van der Waals surface area contributed by atoms with Crippen molar-refractivity contribution < 1.29 is 18.9 Å². The van der Waals surface area contributed by atoms with Crippen LogP contribution >= 0.6 is 0 Å². The van der Waals surface area contributed by atoms with Crippen molar-refractivity contribution in [2.75, 3.05) is 27.8 Å². The Morgan fingerprint density at radius 1 is 1.20 bits per heavy atom. The summed E-state index contributed by atoms with van der Waals surface area (Å²) in [6.07, 6.45) is 4.26. The molecule has 2 atom stereocenters. The van der Waals surface area contributed by atoms with Crippen LogP contribution in [0.15, 0.2) is 11.6 Å². The largest absolute Gasteiger partial charge is 0.359 e. The zero-order chi connectivity index (χ0) is 11.1. The van der Waals surface area contributed by atoms with Crippen molar-refractivity contribution in [1.29, 1.82) is 0 Å². The standard InChI is InChI=1S/C11H20O4/c1-9-4-5-10(14-7-12-2)6-11(9)15-8-13-3/h4,10-11H,5-8H2,1-3H3/t10-,11+/m1/s1. The van der Waals surface area contributed by atoms with Gasteiger partial charge in [0.15, 0.2) is 0 Å². The summed E-state index contributed by atoms with van der Waals surface area (Å²) in [5, 5.41) is 0. The van der Waals surface area contributed by atoms with Crippen LogP contribution in [0.5, 0.6) is 0 Å². The molecule has 0 aromatic rings. The molecule has 0 fully saturated rings. The minimum atomic E-state index is 0.112. The number of ether oxygens (including phenoxy) is 4. The average Bonchev–Trinajstić information content (AvgIpc) is 2.26. The molecule has 0 radical (unpaired) electrons. The zero-order valence-electron chi connectivity index (χ0n) is 9.69. The van der Waals surface area contributed by atoms with E-state index < -0.39 is 0 Å². The third-order valence-corrected chi connectivity index (χ3v) is 2.50. The highest BCUT2D eigenvalue weighted by Crippen LogP contribution is 2.23. The van der Waals surface area contributed by atoms with Gasteiger partial charge in [0.1, 0.15) is 13.6 Å². The first-order valence-corrected chi connectivity index (χ1v) is 5.15. The SMILES string of the molecule is COCO[C@@H]1CC=C(C)[C@@H](OCOC)C1. The molecule has 0 N–H and O–H groups in total. The number of methoxy groups -OCH3 is 2. The van der Waals surface area contributed by atoms with Crippen molar-refractivity contribution in [1.82, 2.24) is 0 Å². The molecule has 0 unspecified atom stereocenters. The van der Waals surface area contributed by atoms with Crippen LogP contribution in [-0.2, 0) is 18.9 Å². The van der Waals surface area contributed by atoms with E-state index in [0.29, 0.717) is 13.6 Å². The summed E-state index contributed by atoms with van der Waals surface area (Å²) in [6, 6.07) is 0. The summed E-state index contributed by atoms with van der Waals surface area (Å²) < 4.78 is 20.8. The predicted molar refractivity (Wildman–Crippen MR) is 56.5 cm³/mol. The lowest BCUT2D eigenvalue weighted by atomic mass is 9.95. The molecule has 0 aliphatic heterocycles. The molecule has 4 heteroatoms. The Kier molecular flexibility index (Phi) is 5.86. The van der Waals surface area contributed by atoms with Gasteiger partial charge in [0.2, 0.25) is 0 Å². The zero-order valence-corrected chi connectivity index (χ0v) is 9.69. The Bertz CT molecular complexity index is 203. The maximum absolute atomic E-state index is 5.54. The molecule has 0 aromatic heterocycles. The fourth-order valence-electron chi connectivity index (χ4n) is 1.62. The van der Waals surface area contributed by atoms with Crippen molar-refractivity contribution in [3.8, 4) is 0 Å². The average molecular weight is 216 g/mol.